The van der Waals surface area contributed by atoms with Crippen molar-refractivity contribution in [2.75, 3.05) is 33.4 Å². The molecular formula is C14H26N2O4. The van der Waals surface area contributed by atoms with Gasteiger partial charge in [-0.05, 0) is 31.6 Å². The maximum Gasteiger partial charge on any atom is 0.311 e. The van der Waals surface area contributed by atoms with Crippen molar-refractivity contribution in [1.29, 1.82) is 0 Å². The van der Waals surface area contributed by atoms with Gasteiger partial charge in [0.1, 0.15) is 0 Å². The first-order valence-corrected chi connectivity index (χ1v) is 7.20. The standard InChI is InChI=1S/C14H26N2O4/c1-11-3-5-14(6-4-11,13(18)19)10-16-12(17)9-15-7-8-20-2/h11,15H,3-10H2,1-2H3,(H,16,17)(H,18,19). The molecule has 1 aliphatic rings. The molecule has 0 unspecified atom stereocenters. The predicted octanol–water partition coefficient (Wildman–Crippen LogP) is 0.620. The summed E-state index contributed by atoms with van der Waals surface area (Å²) in [6, 6.07) is 0. The maximum absolute atomic E-state index is 11.7. The van der Waals surface area contributed by atoms with Gasteiger partial charge >= 0.3 is 5.97 Å². The van der Waals surface area contributed by atoms with Crippen LogP contribution in [0.15, 0.2) is 0 Å². The van der Waals surface area contributed by atoms with Crippen molar-refractivity contribution in [1.82, 2.24) is 10.6 Å². The quantitative estimate of drug-likeness (QED) is 0.569. The van der Waals surface area contributed by atoms with Crippen LogP contribution < -0.4 is 10.6 Å². The van der Waals surface area contributed by atoms with Gasteiger partial charge in [0.15, 0.2) is 0 Å². The van der Waals surface area contributed by atoms with Crippen LogP contribution in [0, 0.1) is 11.3 Å². The van der Waals surface area contributed by atoms with Crippen LogP contribution in [0.25, 0.3) is 0 Å². The number of rotatable bonds is 8. The molecule has 0 saturated heterocycles. The summed E-state index contributed by atoms with van der Waals surface area (Å²) in [7, 11) is 1.60. The maximum atomic E-state index is 11.7. The Labute approximate surface area is 120 Å². The van der Waals surface area contributed by atoms with Crippen LogP contribution in [0.2, 0.25) is 0 Å². The van der Waals surface area contributed by atoms with E-state index in [1.165, 1.54) is 0 Å². The second kappa shape index (κ2) is 8.21. The summed E-state index contributed by atoms with van der Waals surface area (Å²) in [5.41, 5.74) is -0.783. The number of nitrogens with one attached hydrogen (secondary N) is 2. The summed E-state index contributed by atoms with van der Waals surface area (Å²) in [6.07, 6.45) is 3.10. The van der Waals surface area contributed by atoms with Crippen LogP contribution in [-0.4, -0.2) is 50.3 Å². The number of carbonyl (C=O) groups is 2. The Hall–Kier alpha value is -1.14. The van der Waals surface area contributed by atoms with Gasteiger partial charge in [0, 0.05) is 20.2 Å². The highest BCUT2D eigenvalue weighted by atomic mass is 16.5. The largest absolute Gasteiger partial charge is 0.481 e. The Morgan fingerprint density at radius 1 is 1.35 bits per heavy atom. The second-order valence-corrected chi connectivity index (χ2v) is 5.71. The summed E-state index contributed by atoms with van der Waals surface area (Å²) in [6.45, 7) is 3.70. The number of carboxylic acid groups (broad SMARTS) is 1. The minimum absolute atomic E-state index is 0.166. The van der Waals surface area contributed by atoms with Crippen molar-refractivity contribution < 1.29 is 19.4 Å². The first-order chi connectivity index (χ1) is 9.50. The zero-order valence-electron chi connectivity index (χ0n) is 12.4. The van der Waals surface area contributed by atoms with E-state index in [9.17, 15) is 14.7 Å². The Bertz CT molecular complexity index is 325. The molecule has 6 nitrogen and oxygen atoms in total. The van der Waals surface area contributed by atoms with Gasteiger partial charge in [-0.15, -0.1) is 0 Å². The lowest BCUT2D eigenvalue weighted by Gasteiger charge is -2.35. The van der Waals surface area contributed by atoms with Crippen LogP contribution in [-0.2, 0) is 14.3 Å². The van der Waals surface area contributed by atoms with Gasteiger partial charge in [-0.2, -0.15) is 0 Å². The summed E-state index contributed by atoms with van der Waals surface area (Å²) < 4.78 is 4.86. The van der Waals surface area contributed by atoms with Gasteiger partial charge in [0.2, 0.25) is 5.91 Å². The number of hydrogen-bond acceptors (Lipinski definition) is 4. The molecule has 0 bridgehead atoms. The van der Waals surface area contributed by atoms with E-state index in [0.717, 1.165) is 12.8 Å². The molecule has 1 rings (SSSR count). The molecule has 0 aromatic carbocycles. The molecule has 6 heteroatoms. The van der Waals surface area contributed by atoms with Gasteiger partial charge in [0.25, 0.3) is 0 Å². The lowest BCUT2D eigenvalue weighted by Crippen LogP contribution is -2.47. The molecule has 0 aromatic rings. The molecule has 0 spiro atoms. The highest BCUT2D eigenvalue weighted by Crippen LogP contribution is 2.38. The molecule has 1 fully saturated rings. The Balaban J connectivity index is 2.36. The van der Waals surface area contributed by atoms with Crippen molar-refractivity contribution in [3.63, 3.8) is 0 Å². The summed E-state index contributed by atoms with van der Waals surface area (Å²) in [5, 5.41) is 15.1. The van der Waals surface area contributed by atoms with Crippen molar-refractivity contribution in [2.45, 2.75) is 32.6 Å². The fourth-order valence-corrected chi connectivity index (χ4v) is 2.49. The number of aliphatic carboxylic acids is 1. The van der Waals surface area contributed by atoms with E-state index in [0.29, 0.717) is 31.9 Å². The first kappa shape index (κ1) is 16.9. The van der Waals surface area contributed by atoms with Crippen LogP contribution in [0.3, 0.4) is 0 Å². The highest BCUT2D eigenvalue weighted by molar-refractivity contribution is 5.80. The molecule has 0 heterocycles. The topological polar surface area (TPSA) is 87.7 Å². The zero-order chi connectivity index (χ0) is 15.0. The lowest BCUT2D eigenvalue weighted by molar-refractivity contribution is -0.151. The van der Waals surface area contributed by atoms with Crippen LogP contribution in [0.1, 0.15) is 32.6 Å². The van der Waals surface area contributed by atoms with Crippen molar-refractivity contribution in [2.24, 2.45) is 11.3 Å². The third-order valence-electron chi connectivity index (χ3n) is 4.08. The molecule has 1 amide bonds. The van der Waals surface area contributed by atoms with E-state index in [2.05, 4.69) is 17.6 Å². The van der Waals surface area contributed by atoms with Crippen LogP contribution in [0.5, 0.6) is 0 Å². The first-order valence-electron chi connectivity index (χ1n) is 7.20. The van der Waals surface area contributed by atoms with E-state index in [-0.39, 0.29) is 19.0 Å². The van der Waals surface area contributed by atoms with Gasteiger partial charge < -0.3 is 20.5 Å². The number of carbonyl (C=O) groups excluding carboxylic acids is 1. The minimum Gasteiger partial charge on any atom is -0.481 e. The average molecular weight is 286 g/mol. The number of carboxylic acids is 1. The van der Waals surface area contributed by atoms with Crippen molar-refractivity contribution in [3.8, 4) is 0 Å². The van der Waals surface area contributed by atoms with E-state index < -0.39 is 11.4 Å². The lowest BCUT2D eigenvalue weighted by atomic mass is 9.71. The summed E-state index contributed by atoms with van der Waals surface area (Å²) in [5.74, 6) is -0.383. The molecule has 0 aliphatic heterocycles. The van der Waals surface area contributed by atoms with Crippen LogP contribution in [0.4, 0.5) is 0 Å². The normalized spacial score (nSPS) is 26.2. The monoisotopic (exact) mass is 286 g/mol. The Morgan fingerprint density at radius 3 is 2.55 bits per heavy atom. The highest BCUT2D eigenvalue weighted by Gasteiger charge is 2.41. The smallest absolute Gasteiger partial charge is 0.311 e. The van der Waals surface area contributed by atoms with Gasteiger partial charge in [-0.1, -0.05) is 6.92 Å². The SMILES string of the molecule is COCCNCC(=O)NCC1(C(=O)O)CCC(C)CC1. The van der Waals surface area contributed by atoms with Crippen molar-refractivity contribution in [3.05, 3.63) is 0 Å². The van der Waals surface area contributed by atoms with Gasteiger partial charge in [0.05, 0.1) is 18.6 Å². The third-order valence-corrected chi connectivity index (χ3v) is 4.08. The number of amides is 1. The summed E-state index contributed by atoms with van der Waals surface area (Å²) in [4.78, 5) is 23.2. The third kappa shape index (κ3) is 5.09. The molecule has 0 atom stereocenters. The molecule has 1 saturated carbocycles. The minimum atomic E-state index is -0.794. The zero-order valence-corrected chi connectivity index (χ0v) is 12.4. The molecule has 116 valence electrons. The summed E-state index contributed by atoms with van der Waals surface area (Å²) >= 11 is 0. The van der Waals surface area contributed by atoms with Gasteiger partial charge in [-0.25, -0.2) is 0 Å². The molecule has 1 aliphatic carbocycles. The molecular weight excluding hydrogens is 260 g/mol. The number of hydrogen-bond donors (Lipinski definition) is 3. The van der Waals surface area contributed by atoms with E-state index in [4.69, 9.17) is 4.74 Å². The Kier molecular flexibility index (Phi) is 6.95. The molecule has 0 radical (unpaired) electrons. The Morgan fingerprint density at radius 2 is 2.00 bits per heavy atom. The van der Waals surface area contributed by atoms with E-state index in [1.807, 2.05) is 0 Å². The van der Waals surface area contributed by atoms with Gasteiger partial charge in [-0.3, -0.25) is 9.59 Å². The molecule has 3 N–H and O–H groups in total. The van der Waals surface area contributed by atoms with Crippen molar-refractivity contribution >= 4 is 11.9 Å². The molecule has 0 aromatic heterocycles. The fraction of sp³-hybridized carbons (Fsp3) is 0.857. The van der Waals surface area contributed by atoms with E-state index in [1.54, 1.807) is 7.11 Å². The number of methoxy groups -OCH3 is 1. The van der Waals surface area contributed by atoms with E-state index >= 15 is 0 Å². The number of ether oxygens (including phenoxy) is 1. The average Bonchev–Trinajstić information content (AvgIpc) is 2.43. The predicted molar refractivity (Wildman–Crippen MR) is 75.5 cm³/mol. The fourth-order valence-electron chi connectivity index (χ4n) is 2.49. The second-order valence-electron chi connectivity index (χ2n) is 5.71. The molecule has 20 heavy (non-hydrogen) atoms. The van der Waals surface area contributed by atoms with Crippen LogP contribution >= 0.6 is 0 Å².